The largest absolute Gasteiger partial charge is 0.507 e. The smallest absolute Gasteiger partial charge is 0.313 e. The Morgan fingerprint density at radius 3 is 2.56 bits per heavy atom. The molecule has 0 atom stereocenters. The summed E-state index contributed by atoms with van der Waals surface area (Å²) >= 11 is 0. The number of fused-ring (bicyclic) bond motifs is 1. The molecule has 0 spiro atoms. The number of aromatic hydroxyl groups is 1. The fourth-order valence-corrected chi connectivity index (χ4v) is 2.81. The first kappa shape index (κ1) is 17.2. The van der Waals surface area contributed by atoms with Crippen LogP contribution in [0.15, 0.2) is 36.4 Å². The van der Waals surface area contributed by atoms with Crippen LogP contribution in [0.4, 0.5) is 5.69 Å². The number of morpholine rings is 1. The number of ether oxygens (including phenoxy) is 1. The number of benzene rings is 2. The first-order chi connectivity index (χ1) is 12.1. The maximum Gasteiger partial charge on any atom is 0.313 e. The molecule has 7 nitrogen and oxygen atoms in total. The highest BCUT2D eigenvalue weighted by atomic mass is 16.5. The number of nitrogens with one attached hydrogen (secondary N) is 2. The van der Waals surface area contributed by atoms with Crippen LogP contribution in [0.2, 0.25) is 0 Å². The highest BCUT2D eigenvalue weighted by Gasteiger charge is 2.16. The summed E-state index contributed by atoms with van der Waals surface area (Å²) in [6, 6.07) is 10.2. The molecule has 0 saturated carbocycles. The van der Waals surface area contributed by atoms with Crippen LogP contribution < -0.4 is 10.6 Å². The van der Waals surface area contributed by atoms with Gasteiger partial charge in [-0.2, -0.15) is 0 Å². The molecule has 1 aliphatic rings. The van der Waals surface area contributed by atoms with Gasteiger partial charge in [0.25, 0.3) is 0 Å². The van der Waals surface area contributed by atoms with E-state index in [1.807, 2.05) is 0 Å². The minimum Gasteiger partial charge on any atom is -0.507 e. The predicted molar refractivity (Wildman–Crippen MR) is 94.5 cm³/mol. The molecule has 0 radical (unpaired) electrons. The van der Waals surface area contributed by atoms with Gasteiger partial charge in [-0.05, 0) is 12.1 Å². The summed E-state index contributed by atoms with van der Waals surface area (Å²) < 4.78 is 5.26. The van der Waals surface area contributed by atoms with Crippen LogP contribution in [-0.2, 0) is 14.3 Å². The molecule has 0 aromatic heterocycles. The molecule has 132 valence electrons. The molecule has 25 heavy (non-hydrogen) atoms. The average Bonchev–Trinajstić information content (AvgIpc) is 2.63. The first-order valence-electron chi connectivity index (χ1n) is 8.25. The van der Waals surface area contributed by atoms with E-state index in [0.29, 0.717) is 42.8 Å². The lowest BCUT2D eigenvalue weighted by atomic mass is 10.1. The quantitative estimate of drug-likeness (QED) is 0.719. The Morgan fingerprint density at radius 2 is 1.76 bits per heavy atom. The molecule has 0 bridgehead atoms. The van der Waals surface area contributed by atoms with Crippen LogP contribution >= 0.6 is 0 Å². The number of phenols is 1. The Bertz CT molecular complexity index is 772. The van der Waals surface area contributed by atoms with E-state index >= 15 is 0 Å². The Morgan fingerprint density at radius 1 is 1.04 bits per heavy atom. The molecule has 2 aromatic rings. The van der Waals surface area contributed by atoms with Gasteiger partial charge in [-0.15, -0.1) is 0 Å². The molecule has 0 unspecified atom stereocenters. The lowest BCUT2D eigenvalue weighted by molar-refractivity contribution is -0.136. The lowest BCUT2D eigenvalue weighted by Gasteiger charge is -2.26. The van der Waals surface area contributed by atoms with Crippen molar-refractivity contribution in [2.75, 3.05) is 44.7 Å². The van der Waals surface area contributed by atoms with Gasteiger partial charge in [-0.3, -0.25) is 14.5 Å². The predicted octanol–water partition coefficient (Wildman–Crippen LogP) is 0.932. The second kappa shape index (κ2) is 7.96. The van der Waals surface area contributed by atoms with Crippen LogP contribution in [0.1, 0.15) is 0 Å². The molecular formula is C18H21N3O4. The molecule has 0 aliphatic carbocycles. The molecule has 3 rings (SSSR count). The molecule has 2 aromatic carbocycles. The summed E-state index contributed by atoms with van der Waals surface area (Å²) in [5.74, 6) is -1.27. The summed E-state index contributed by atoms with van der Waals surface area (Å²) in [5.41, 5.74) is 0.488. The van der Waals surface area contributed by atoms with Crippen LogP contribution in [0.25, 0.3) is 10.8 Å². The SMILES string of the molecule is O=C(NCCN1CCOCC1)C(=O)Nc1cccc2c(O)cccc12. The van der Waals surface area contributed by atoms with E-state index in [0.717, 1.165) is 13.1 Å². The van der Waals surface area contributed by atoms with Gasteiger partial charge in [0.1, 0.15) is 5.75 Å². The standard InChI is InChI=1S/C18H21N3O4/c22-16-6-2-3-13-14(16)4-1-5-15(13)20-18(24)17(23)19-7-8-21-9-11-25-12-10-21/h1-6,22H,7-12H2,(H,19,23)(H,20,24). The zero-order chi connectivity index (χ0) is 17.6. The van der Waals surface area contributed by atoms with Gasteiger partial charge in [0.2, 0.25) is 0 Å². The topological polar surface area (TPSA) is 90.9 Å². The molecular weight excluding hydrogens is 322 g/mol. The highest BCUT2D eigenvalue weighted by molar-refractivity contribution is 6.40. The Labute approximate surface area is 145 Å². The molecule has 1 heterocycles. The first-order valence-corrected chi connectivity index (χ1v) is 8.25. The monoisotopic (exact) mass is 343 g/mol. The van der Waals surface area contributed by atoms with Crippen LogP contribution in [0.3, 0.4) is 0 Å². The van der Waals surface area contributed by atoms with Crippen molar-refractivity contribution in [1.29, 1.82) is 0 Å². The summed E-state index contributed by atoms with van der Waals surface area (Å²) in [5, 5.41) is 16.4. The third kappa shape index (κ3) is 4.26. The summed E-state index contributed by atoms with van der Waals surface area (Å²) in [7, 11) is 0. The van der Waals surface area contributed by atoms with Crippen molar-refractivity contribution >= 4 is 28.3 Å². The molecule has 3 N–H and O–H groups in total. The summed E-state index contributed by atoms with van der Waals surface area (Å²) in [6.07, 6.45) is 0. The number of hydrogen-bond acceptors (Lipinski definition) is 5. The lowest BCUT2D eigenvalue weighted by Crippen LogP contribution is -2.43. The molecule has 1 fully saturated rings. The second-order valence-electron chi connectivity index (χ2n) is 5.84. The molecule has 1 saturated heterocycles. The average molecular weight is 343 g/mol. The minimum atomic E-state index is -0.724. The van der Waals surface area contributed by atoms with E-state index in [9.17, 15) is 14.7 Å². The number of carbonyl (C=O) groups is 2. The highest BCUT2D eigenvalue weighted by Crippen LogP contribution is 2.29. The van der Waals surface area contributed by atoms with Gasteiger partial charge in [-0.1, -0.05) is 24.3 Å². The zero-order valence-electron chi connectivity index (χ0n) is 13.8. The van der Waals surface area contributed by atoms with E-state index in [-0.39, 0.29) is 5.75 Å². The number of amides is 2. The van der Waals surface area contributed by atoms with E-state index < -0.39 is 11.8 Å². The normalized spacial score (nSPS) is 15.0. The van der Waals surface area contributed by atoms with E-state index in [1.54, 1.807) is 36.4 Å². The zero-order valence-corrected chi connectivity index (χ0v) is 13.8. The van der Waals surface area contributed by atoms with Crippen molar-refractivity contribution in [3.63, 3.8) is 0 Å². The van der Waals surface area contributed by atoms with Gasteiger partial charge in [-0.25, -0.2) is 0 Å². The Hall–Kier alpha value is -2.64. The third-order valence-electron chi connectivity index (χ3n) is 4.17. The third-order valence-corrected chi connectivity index (χ3v) is 4.17. The fraction of sp³-hybridized carbons (Fsp3) is 0.333. The number of nitrogens with zero attached hydrogens (tertiary/aromatic N) is 1. The maximum absolute atomic E-state index is 12.1. The number of phenolic OH excluding ortho intramolecular Hbond substituents is 1. The van der Waals surface area contributed by atoms with Gasteiger partial charge >= 0.3 is 11.8 Å². The summed E-state index contributed by atoms with van der Waals surface area (Å²) in [6.45, 7) is 4.15. The fourth-order valence-electron chi connectivity index (χ4n) is 2.81. The van der Waals surface area contributed by atoms with Gasteiger partial charge in [0.15, 0.2) is 0 Å². The number of hydrogen-bond donors (Lipinski definition) is 3. The number of rotatable bonds is 4. The molecule has 7 heteroatoms. The van der Waals surface area contributed by atoms with Crippen LogP contribution in [-0.4, -0.2) is 61.2 Å². The van der Waals surface area contributed by atoms with Crippen molar-refractivity contribution in [2.45, 2.75) is 0 Å². The summed E-state index contributed by atoms with van der Waals surface area (Å²) in [4.78, 5) is 26.3. The molecule has 2 amide bonds. The van der Waals surface area contributed by atoms with E-state index in [4.69, 9.17) is 4.74 Å². The van der Waals surface area contributed by atoms with Gasteiger partial charge in [0.05, 0.1) is 13.2 Å². The van der Waals surface area contributed by atoms with Gasteiger partial charge < -0.3 is 20.5 Å². The number of anilines is 1. The van der Waals surface area contributed by atoms with Crippen LogP contribution in [0, 0.1) is 0 Å². The Balaban J connectivity index is 1.56. The van der Waals surface area contributed by atoms with Crippen molar-refractivity contribution in [3.8, 4) is 5.75 Å². The van der Waals surface area contributed by atoms with E-state index in [2.05, 4.69) is 15.5 Å². The minimum absolute atomic E-state index is 0.128. The van der Waals surface area contributed by atoms with Gasteiger partial charge in [0, 0.05) is 42.6 Å². The molecule has 1 aliphatic heterocycles. The second-order valence-corrected chi connectivity index (χ2v) is 5.84. The van der Waals surface area contributed by atoms with Crippen molar-refractivity contribution in [2.24, 2.45) is 0 Å². The van der Waals surface area contributed by atoms with Crippen LogP contribution in [0.5, 0.6) is 5.75 Å². The number of carbonyl (C=O) groups excluding carboxylic acids is 2. The van der Waals surface area contributed by atoms with Crippen molar-refractivity contribution in [3.05, 3.63) is 36.4 Å². The van der Waals surface area contributed by atoms with Crippen molar-refractivity contribution in [1.82, 2.24) is 10.2 Å². The maximum atomic E-state index is 12.1. The Kier molecular flexibility index (Phi) is 5.47. The van der Waals surface area contributed by atoms with Crippen molar-refractivity contribution < 1.29 is 19.4 Å². The van der Waals surface area contributed by atoms with E-state index in [1.165, 1.54) is 0 Å².